The molecule has 1 atom stereocenters. The maximum absolute atomic E-state index is 12.7. The number of hydrogen-bond donors (Lipinski definition) is 1. The third-order valence-corrected chi connectivity index (χ3v) is 4.92. The van der Waals surface area contributed by atoms with Crippen molar-refractivity contribution in [2.45, 2.75) is 38.1 Å². The summed E-state index contributed by atoms with van der Waals surface area (Å²) in [6.07, 6.45) is 11.1. The summed E-state index contributed by atoms with van der Waals surface area (Å²) in [6.45, 7) is 0.273. The van der Waals surface area contributed by atoms with Gasteiger partial charge in [-0.05, 0) is 24.3 Å². The Kier molecular flexibility index (Phi) is 5.99. The number of amides is 1. The lowest BCUT2D eigenvalue weighted by Crippen LogP contribution is -2.40. The van der Waals surface area contributed by atoms with E-state index in [0.717, 1.165) is 0 Å². The normalized spacial score (nSPS) is 16.2. The molecule has 0 spiro atoms. The van der Waals surface area contributed by atoms with Crippen LogP contribution in [0.3, 0.4) is 0 Å². The van der Waals surface area contributed by atoms with Crippen LogP contribution in [0.25, 0.3) is 0 Å². The molecule has 1 N–H and O–H groups in total. The van der Waals surface area contributed by atoms with E-state index in [1.165, 1.54) is 37.7 Å². The fourth-order valence-electron chi connectivity index (χ4n) is 3.61. The fraction of sp³-hybridized carbons (Fsp3) is 0.450. The van der Waals surface area contributed by atoms with Crippen molar-refractivity contribution >= 4 is 11.7 Å². The molecule has 132 valence electrons. The molecule has 2 aromatic rings. The summed E-state index contributed by atoms with van der Waals surface area (Å²) in [4.78, 5) is 22.8. The summed E-state index contributed by atoms with van der Waals surface area (Å²) >= 11 is 0. The Morgan fingerprint density at radius 1 is 1.20 bits per heavy atom. The van der Waals surface area contributed by atoms with Gasteiger partial charge < -0.3 is 10.2 Å². The van der Waals surface area contributed by atoms with Gasteiger partial charge in [-0.25, -0.2) is 4.98 Å². The first kappa shape index (κ1) is 17.4. The number of anilines is 1. The van der Waals surface area contributed by atoms with Crippen molar-refractivity contribution < 1.29 is 4.79 Å². The summed E-state index contributed by atoms with van der Waals surface area (Å²) in [5, 5.41) is 3.27. The lowest BCUT2D eigenvalue weighted by atomic mass is 9.81. The predicted molar refractivity (Wildman–Crippen MR) is 99.2 cm³/mol. The van der Waals surface area contributed by atoms with E-state index in [2.05, 4.69) is 27.4 Å². The maximum Gasteiger partial charge on any atom is 0.240 e. The molecule has 3 rings (SSSR count). The number of nitrogens with one attached hydrogen (secondary N) is 1. The van der Waals surface area contributed by atoms with Gasteiger partial charge in [0, 0.05) is 19.4 Å². The molecule has 1 aliphatic rings. The first-order valence-electron chi connectivity index (χ1n) is 9.05. The average Bonchev–Trinajstić information content (AvgIpc) is 2.68. The SMILES string of the molecule is CN(CC(=O)NC(c1ccccc1)C1CCCCC1)c1cnccn1. The van der Waals surface area contributed by atoms with Gasteiger partial charge >= 0.3 is 0 Å². The van der Waals surface area contributed by atoms with Crippen LogP contribution in [-0.4, -0.2) is 29.5 Å². The van der Waals surface area contributed by atoms with Crippen LogP contribution in [0.5, 0.6) is 0 Å². The largest absolute Gasteiger partial charge is 0.349 e. The summed E-state index contributed by atoms with van der Waals surface area (Å²) in [6, 6.07) is 10.4. The van der Waals surface area contributed by atoms with E-state index >= 15 is 0 Å². The van der Waals surface area contributed by atoms with Crippen molar-refractivity contribution in [3.63, 3.8) is 0 Å². The molecule has 1 amide bonds. The number of carbonyl (C=O) groups is 1. The second-order valence-electron chi connectivity index (χ2n) is 6.77. The van der Waals surface area contributed by atoms with Crippen LogP contribution < -0.4 is 10.2 Å². The van der Waals surface area contributed by atoms with Crippen LogP contribution in [0, 0.1) is 5.92 Å². The summed E-state index contributed by atoms with van der Waals surface area (Å²) in [5.74, 6) is 1.24. The molecule has 1 aromatic heterocycles. The Morgan fingerprint density at radius 2 is 1.96 bits per heavy atom. The van der Waals surface area contributed by atoms with Gasteiger partial charge in [-0.3, -0.25) is 9.78 Å². The monoisotopic (exact) mass is 338 g/mol. The maximum atomic E-state index is 12.7. The molecule has 1 saturated carbocycles. The molecule has 1 unspecified atom stereocenters. The summed E-state index contributed by atoms with van der Waals surface area (Å²) in [7, 11) is 1.86. The molecule has 1 fully saturated rings. The van der Waals surface area contributed by atoms with E-state index < -0.39 is 0 Å². The van der Waals surface area contributed by atoms with E-state index in [-0.39, 0.29) is 18.5 Å². The van der Waals surface area contributed by atoms with E-state index in [4.69, 9.17) is 0 Å². The fourth-order valence-corrected chi connectivity index (χ4v) is 3.61. The molecule has 5 nitrogen and oxygen atoms in total. The van der Waals surface area contributed by atoms with Gasteiger partial charge in [0.2, 0.25) is 5.91 Å². The van der Waals surface area contributed by atoms with Crippen LogP contribution in [0.1, 0.15) is 43.7 Å². The molecule has 25 heavy (non-hydrogen) atoms. The van der Waals surface area contributed by atoms with Crippen molar-refractivity contribution in [2.75, 3.05) is 18.5 Å². The van der Waals surface area contributed by atoms with E-state index in [9.17, 15) is 4.79 Å². The minimum Gasteiger partial charge on any atom is -0.349 e. The van der Waals surface area contributed by atoms with Crippen molar-refractivity contribution in [2.24, 2.45) is 5.92 Å². The highest BCUT2D eigenvalue weighted by molar-refractivity contribution is 5.81. The lowest BCUT2D eigenvalue weighted by molar-refractivity contribution is -0.121. The van der Waals surface area contributed by atoms with Crippen LogP contribution in [0.4, 0.5) is 5.82 Å². The molecule has 0 aliphatic heterocycles. The van der Waals surface area contributed by atoms with Gasteiger partial charge in [-0.2, -0.15) is 0 Å². The van der Waals surface area contributed by atoms with Crippen LogP contribution in [0.15, 0.2) is 48.9 Å². The van der Waals surface area contributed by atoms with Crippen LogP contribution in [-0.2, 0) is 4.79 Å². The third kappa shape index (κ3) is 4.78. The number of likely N-dealkylation sites (N-methyl/N-ethyl adjacent to an activating group) is 1. The topological polar surface area (TPSA) is 58.1 Å². The Labute approximate surface area is 149 Å². The van der Waals surface area contributed by atoms with E-state index in [1.54, 1.807) is 18.6 Å². The average molecular weight is 338 g/mol. The lowest BCUT2D eigenvalue weighted by Gasteiger charge is -2.32. The zero-order valence-corrected chi connectivity index (χ0v) is 14.8. The van der Waals surface area contributed by atoms with Crippen LogP contribution in [0.2, 0.25) is 0 Å². The zero-order valence-electron chi connectivity index (χ0n) is 14.8. The zero-order chi connectivity index (χ0) is 17.5. The summed E-state index contributed by atoms with van der Waals surface area (Å²) in [5.41, 5.74) is 1.20. The summed E-state index contributed by atoms with van der Waals surface area (Å²) < 4.78 is 0. The molecule has 0 radical (unpaired) electrons. The van der Waals surface area contributed by atoms with E-state index in [1.807, 2.05) is 30.1 Å². The number of nitrogens with zero attached hydrogens (tertiary/aromatic N) is 3. The number of carbonyl (C=O) groups excluding carboxylic acids is 1. The highest BCUT2D eigenvalue weighted by atomic mass is 16.2. The van der Waals surface area contributed by atoms with Gasteiger partial charge in [0.1, 0.15) is 5.82 Å². The Balaban J connectivity index is 1.68. The molecule has 1 heterocycles. The number of hydrogen-bond acceptors (Lipinski definition) is 4. The Hall–Kier alpha value is -2.43. The molecule has 1 aromatic carbocycles. The highest BCUT2D eigenvalue weighted by Crippen LogP contribution is 2.34. The molecule has 0 bridgehead atoms. The van der Waals surface area contributed by atoms with Gasteiger partial charge in [-0.15, -0.1) is 0 Å². The smallest absolute Gasteiger partial charge is 0.240 e. The van der Waals surface area contributed by atoms with Gasteiger partial charge in [0.15, 0.2) is 0 Å². The first-order chi connectivity index (χ1) is 12.2. The minimum atomic E-state index is 0.0209. The van der Waals surface area contributed by atoms with E-state index in [0.29, 0.717) is 11.7 Å². The number of aromatic nitrogens is 2. The third-order valence-electron chi connectivity index (χ3n) is 4.92. The van der Waals surface area contributed by atoms with Gasteiger partial charge in [0.05, 0.1) is 18.8 Å². The molecular weight excluding hydrogens is 312 g/mol. The Morgan fingerprint density at radius 3 is 2.64 bits per heavy atom. The number of rotatable bonds is 6. The number of benzene rings is 1. The minimum absolute atomic E-state index is 0.0209. The van der Waals surface area contributed by atoms with Crippen molar-refractivity contribution in [3.8, 4) is 0 Å². The Bertz CT molecular complexity index is 656. The molecule has 5 heteroatoms. The first-order valence-corrected chi connectivity index (χ1v) is 9.05. The van der Waals surface area contributed by atoms with Crippen molar-refractivity contribution in [1.29, 1.82) is 0 Å². The molecule has 1 aliphatic carbocycles. The highest BCUT2D eigenvalue weighted by Gasteiger charge is 2.26. The van der Waals surface area contributed by atoms with Crippen LogP contribution >= 0.6 is 0 Å². The molecular formula is C20H26N4O. The quantitative estimate of drug-likeness (QED) is 0.877. The second kappa shape index (κ2) is 8.60. The predicted octanol–water partition coefficient (Wildman–Crippen LogP) is 3.35. The molecule has 0 saturated heterocycles. The van der Waals surface area contributed by atoms with Crippen molar-refractivity contribution in [1.82, 2.24) is 15.3 Å². The van der Waals surface area contributed by atoms with Crippen molar-refractivity contribution in [3.05, 3.63) is 54.5 Å². The second-order valence-corrected chi connectivity index (χ2v) is 6.77. The van der Waals surface area contributed by atoms with Gasteiger partial charge in [0.25, 0.3) is 0 Å². The standard InChI is InChI=1S/C20H26N4O/c1-24(18-14-21-12-13-22-18)15-19(25)23-20(16-8-4-2-5-9-16)17-10-6-3-7-11-17/h2,4-5,8-9,12-14,17,20H,3,6-7,10-11,15H2,1H3,(H,23,25). The van der Waals surface area contributed by atoms with Gasteiger partial charge in [-0.1, -0.05) is 49.6 Å².